The fraction of sp³-hybridized carbons (Fsp3) is 0.370. The lowest BCUT2D eigenvalue weighted by atomic mass is 9.82. The number of anilines is 4. The fourth-order valence-electron chi connectivity index (χ4n) is 5.00. The molecule has 3 heterocycles. The fourth-order valence-corrected chi connectivity index (χ4v) is 5.00. The highest BCUT2D eigenvalue weighted by Gasteiger charge is 2.34. The maximum Gasteiger partial charge on any atom is 0.229 e. The first-order chi connectivity index (χ1) is 16.1. The predicted octanol–water partition coefficient (Wildman–Crippen LogP) is 5.79. The quantitative estimate of drug-likeness (QED) is 0.406. The van der Waals surface area contributed by atoms with Crippen molar-refractivity contribution in [3.8, 4) is 0 Å². The Morgan fingerprint density at radius 2 is 1.76 bits per heavy atom. The molecule has 7 heteroatoms. The molecule has 0 radical (unpaired) electrons. The molecular weight excluding hydrogens is 422 g/mol. The zero-order valence-corrected chi connectivity index (χ0v) is 21.1. The molecule has 1 atom stereocenters. The van der Waals surface area contributed by atoms with E-state index in [9.17, 15) is 0 Å². The minimum absolute atomic E-state index is 0.150. The third kappa shape index (κ3) is 3.80. The number of hydrogen-bond acceptors (Lipinski definition) is 6. The Morgan fingerprint density at radius 3 is 2.50 bits per heavy atom. The lowest BCUT2D eigenvalue weighted by molar-refractivity contribution is 0.0946. The van der Waals surface area contributed by atoms with Crippen molar-refractivity contribution >= 4 is 34.2 Å². The number of hydrogen-bond donors (Lipinski definition) is 2. The SMILES string of the molecule is Cc1cccc(C)c1Nc1nn(C)c2nc(Nc3ccc4c(c3)C(C)N(C)C(C)(C)C4)ncc12. The van der Waals surface area contributed by atoms with Crippen LogP contribution in [0.25, 0.3) is 11.0 Å². The second-order valence-corrected chi connectivity index (χ2v) is 10.1. The van der Waals surface area contributed by atoms with Gasteiger partial charge in [0.25, 0.3) is 0 Å². The molecule has 2 aromatic carbocycles. The number of nitrogens with one attached hydrogen (secondary N) is 2. The molecule has 0 fully saturated rings. The van der Waals surface area contributed by atoms with E-state index in [1.165, 1.54) is 22.3 Å². The van der Waals surface area contributed by atoms with Crippen molar-refractivity contribution in [2.45, 2.75) is 52.6 Å². The number of aromatic nitrogens is 4. The number of aryl methyl sites for hydroxylation is 3. The van der Waals surface area contributed by atoms with Crippen molar-refractivity contribution in [2.24, 2.45) is 7.05 Å². The summed E-state index contributed by atoms with van der Waals surface area (Å²) in [6.45, 7) is 11.1. The van der Waals surface area contributed by atoms with E-state index in [4.69, 9.17) is 4.98 Å². The molecule has 2 aromatic heterocycles. The van der Waals surface area contributed by atoms with Crippen molar-refractivity contribution in [1.29, 1.82) is 0 Å². The molecule has 1 unspecified atom stereocenters. The Labute approximate surface area is 201 Å². The van der Waals surface area contributed by atoms with Gasteiger partial charge in [-0.1, -0.05) is 24.3 Å². The molecule has 0 spiro atoms. The monoisotopic (exact) mass is 455 g/mol. The smallest absolute Gasteiger partial charge is 0.229 e. The minimum Gasteiger partial charge on any atom is -0.338 e. The van der Waals surface area contributed by atoms with Gasteiger partial charge in [-0.3, -0.25) is 4.90 Å². The predicted molar refractivity (Wildman–Crippen MR) is 139 cm³/mol. The zero-order valence-electron chi connectivity index (χ0n) is 21.1. The Morgan fingerprint density at radius 1 is 1.03 bits per heavy atom. The van der Waals surface area contributed by atoms with E-state index in [0.29, 0.717) is 12.0 Å². The van der Waals surface area contributed by atoms with Gasteiger partial charge in [0.2, 0.25) is 5.95 Å². The average Bonchev–Trinajstić information content (AvgIpc) is 3.10. The summed E-state index contributed by atoms with van der Waals surface area (Å²) in [5.41, 5.74) is 8.11. The number of rotatable bonds is 4. The number of nitrogens with zero attached hydrogens (tertiary/aromatic N) is 5. The minimum atomic E-state index is 0.150. The molecule has 34 heavy (non-hydrogen) atoms. The van der Waals surface area contributed by atoms with Crippen molar-refractivity contribution in [2.75, 3.05) is 17.7 Å². The summed E-state index contributed by atoms with van der Waals surface area (Å²) >= 11 is 0. The molecule has 5 rings (SSSR count). The van der Waals surface area contributed by atoms with Gasteiger partial charge >= 0.3 is 0 Å². The number of para-hydroxylation sites is 1. The lowest BCUT2D eigenvalue weighted by Crippen LogP contribution is -2.47. The zero-order chi connectivity index (χ0) is 24.2. The van der Waals surface area contributed by atoms with E-state index >= 15 is 0 Å². The molecule has 1 aliphatic rings. The van der Waals surface area contributed by atoms with Gasteiger partial charge in [0.05, 0.1) is 5.39 Å². The maximum absolute atomic E-state index is 4.77. The molecule has 4 aromatic rings. The van der Waals surface area contributed by atoms with Gasteiger partial charge in [-0.2, -0.15) is 10.1 Å². The first-order valence-electron chi connectivity index (χ1n) is 11.8. The Kier molecular flexibility index (Phi) is 5.32. The third-order valence-corrected chi connectivity index (χ3v) is 7.32. The second kappa shape index (κ2) is 8.09. The Bertz CT molecular complexity index is 1370. The van der Waals surface area contributed by atoms with Gasteiger partial charge in [-0.25, -0.2) is 9.67 Å². The van der Waals surface area contributed by atoms with Crippen molar-refractivity contribution < 1.29 is 0 Å². The summed E-state index contributed by atoms with van der Waals surface area (Å²) in [4.78, 5) is 11.8. The van der Waals surface area contributed by atoms with Crippen LogP contribution in [0.4, 0.5) is 23.1 Å². The third-order valence-electron chi connectivity index (χ3n) is 7.32. The summed E-state index contributed by atoms with van der Waals surface area (Å²) < 4.78 is 1.80. The highest BCUT2D eigenvalue weighted by molar-refractivity contribution is 5.90. The van der Waals surface area contributed by atoms with E-state index < -0.39 is 0 Å². The van der Waals surface area contributed by atoms with Crippen LogP contribution in [0.5, 0.6) is 0 Å². The molecule has 0 bridgehead atoms. The highest BCUT2D eigenvalue weighted by atomic mass is 15.3. The van der Waals surface area contributed by atoms with Crippen LogP contribution in [0.2, 0.25) is 0 Å². The van der Waals surface area contributed by atoms with Crippen LogP contribution < -0.4 is 10.6 Å². The summed E-state index contributed by atoms with van der Waals surface area (Å²) in [6.07, 6.45) is 2.88. The van der Waals surface area contributed by atoms with E-state index in [1.807, 2.05) is 13.2 Å². The van der Waals surface area contributed by atoms with Crippen LogP contribution >= 0.6 is 0 Å². The van der Waals surface area contributed by atoms with Crippen LogP contribution in [-0.2, 0) is 13.5 Å². The molecule has 0 saturated carbocycles. The van der Waals surface area contributed by atoms with Gasteiger partial charge in [0.1, 0.15) is 0 Å². The standard InChI is InChI=1S/C27H33N7/c1-16-9-8-10-17(2)23(16)30-24-22-15-28-26(31-25(22)34(7)32-24)29-20-12-11-19-14-27(4,5)33(6)18(3)21(19)13-20/h8-13,15,18H,14H2,1-7H3,(H,30,32)(H,28,29,31). The summed E-state index contributed by atoms with van der Waals surface area (Å²) in [7, 11) is 4.12. The van der Waals surface area contributed by atoms with Crippen LogP contribution in [0, 0.1) is 13.8 Å². The highest BCUT2D eigenvalue weighted by Crippen LogP contribution is 2.38. The Hall–Kier alpha value is -3.45. The lowest BCUT2D eigenvalue weighted by Gasteiger charge is -2.45. The maximum atomic E-state index is 4.77. The molecule has 176 valence electrons. The summed E-state index contributed by atoms with van der Waals surface area (Å²) in [5, 5.41) is 12.5. The van der Waals surface area contributed by atoms with E-state index in [-0.39, 0.29) is 5.54 Å². The molecular formula is C27H33N7. The first kappa shape index (κ1) is 22.3. The van der Waals surface area contributed by atoms with Gasteiger partial charge in [0.15, 0.2) is 11.5 Å². The van der Waals surface area contributed by atoms with Crippen LogP contribution in [0.3, 0.4) is 0 Å². The van der Waals surface area contributed by atoms with Crippen LogP contribution in [0.15, 0.2) is 42.6 Å². The second-order valence-electron chi connectivity index (χ2n) is 10.1. The van der Waals surface area contributed by atoms with E-state index in [2.05, 4.69) is 104 Å². The molecule has 7 nitrogen and oxygen atoms in total. The van der Waals surface area contributed by atoms with E-state index in [0.717, 1.165) is 34.6 Å². The van der Waals surface area contributed by atoms with Gasteiger partial charge in [-0.05, 0) is 82.5 Å². The Balaban J connectivity index is 1.44. The molecule has 0 amide bonds. The van der Waals surface area contributed by atoms with Gasteiger partial charge in [-0.15, -0.1) is 0 Å². The number of benzene rings is 2. The molecule has 0 saturated heterocycles. The molecule has 2 N–H and O–H groups in total. The van der Waals surface area contributed by atoms with Gasteiger partial charge in [0, 0.05) is 36.2 Å². The van der Waals surface area contributed by atoms with Crippen molar-refractivity contribution in [3.63, 3.8) is 0 Å². The largest absolute Gasteiger partial charge is 0.338 e. The van der Waals surface area contributed by atoms with Gasteiger partial charge < -0.3 is 10.6 Å². The van der Waals surface area contributed by atoms with E-state index in [1.54, 1.807) is 4.68 Å². The molecule has 0 aliphatic carbocycles. The molecule has 1 aliphatic heterocycles. The summed E-state index contributed by atoms with van der Waals surface area (Å²) in [6, 6.07) is 13.2. The summed E-state index contributed by atoms with van der Waals surface area (Å²) in [5.74, 6) is 1.32. The number of likely N-dealkylation sites (N-methyl/N-ethyl adjacent to an activating group) is 1. The first-order valence-corrected chi connectivity index (χ1v) is 11.8. The van der Waals surface area contributed by atoms with Crippen molar-refractivity contribution in [1.82, 2.24) is 24.6 Å². The van der Waals surface area contributed by atoms with Crippen LogP contribution in [0.1, 0.15) is 49.1 Å². The number of fused-ring (bicyclic) bond motifs is 2. The van der Waals surface area contributed by atoms with Crippen LogP contribution in [-0.4, -0.2) is 37.2 Å². The topological polar surface area (TPSA) is 70.9 Å². The average molecular weight is 456 g/mol. The normalized spacial score (nSPS) is 17.6. The van der Waals surface area contributed by atoms with Crippen molar-refractivity contribution in [3.05, 3.63) is 64.8 Å².